The molecule has 31 heavy (non-hydrogen) atoms. The Balaban J connectivity index is 1.51. The van der Waals surface area contributed by atoms with Crippen LogP contribution >= 0.6 is 0 Å². The largest absolute Gasteiger partial charge is 0.352 e. The highest BCUT2D eigenvalue weighted by Crippen LogP contribution is 2.22. The number of carbonyl (C=O) groups excluding carboxylic acids is 1. The van der Waals surface area contributed by atoms with Gasteiger partial charge in [0.25, 0.3) is 15.9 Å². The third-order valence-electron chi connectivity index (χ3n) is 5.78. The molecule has 1 aliphatic rings. The Bertz CT molecular complexity index is 951. The van der Waals surface area contributed by atoms with Crippen LogP contribution in [-0.2, 0) is 10.0 Å². The lowest BCUT2D eigenvalue weighted by molar-refractivity contribution is 0.0947. The molecule has 0 radical (unpaired) electrons. The van der Waals surface area contributed by atoms with Crippen molar-refractivity contribution in [1.29, 1.82) is 0 Å². The number of carbonyl (C=O) groups is 1. The van der Waals surface area contributed by atoms with E-state index in [0.29, 0.717) is 17.8 Å². The van der Waals surface area contributed by atoms with Crippen LogP contribution in [0.25, 0.3) is 0 Å². The van der Waals surface area contributed by atoms with Crippen molar-refractivity contribution in [2.75, 3.05) is 37.5 Å². The lowest BCUT2D eigenvalue weighted by Crippen LogP contribution is -2.40. The van der Waals surface area contributed by atoms with Gasteiger partial charge in [-0.3, -0.25) is 9.10 Å². The number of rotatable bonds is 8. The first kappa shape index (κ1) is 23.3. The Morgan fingerprint density at radius 3 is 2.26 bits per heavy atom. The van der Waals surface area contributed by atoms with Crippen LogP contribution in [0.4, 0.5) is 5.69 Å². The van der Waals surface area contributed by atoms with Crippen molar-refractivity contribution in [2.24, 2.45) is 11.8 Å². The van der Waals surface area contributed by atoms with Gasteiger partial charge >= 0.3 is 0 Å². The van der Waals surface area contributed by atoms with E-state index in [0.717, 1.165) is 37.9 Å². The standard InChI is InChI=1S/C24H33N3O3S/c1-19-16-20(2)18-27(17-19)15-7-14-25-24(28)21-10-12-22(13-11-21)26(3)31(29,30)23-8-5-4-6-9-23/h4-6,8-13,19-20H,7,14-18H2,1-3H3,(H,25,28). The highest BCUT2D eigenvalue weighted by atomic mass is 32.2. The van der Waals surface area contributed by atoms with Gasteiger partial charge in [-0.25, -0.2) is 8.42 Å². The minimum atomic E-state index is -3.63. The molecule has 2 unspecified atom stereocenters. The summed E-state index contributed by atoms with van der Waals surface area (Å²) in [6.45, 7) is 8.50. The van der Waals surface area contributed by atoms with Gasteiger partial charge in [0.15, 0.2) is 0 Å². The van der Waals surface area contributed by atoms with Gasteiger partial charge in [-0.2, -0.15) is 0 Å². The molecule has 0 aliphatic carbocycles. The first-order valence-corrected chi connectivity index (χ1v) is 12.4. The molecule has 1 fully saturated rings. The lowest BCUT2D eigenvalue weighted by atomic mass is 9.92. The molecule has 0 saturated carbocycles. The van der Waals surface area contributed by atoms with E-state index in [1.165, 1.54) is 17.8 Å². The SMILES string of the molecule is CC1CC(C)CN(CCCNC(=O)c2ccc(N(C)S(=O)(=O)c3ccccc3)cc2)C1. The van der Waals surface area contributed by atoms with Gasteiger partial charge in [0.1, 0.15) is 0 Å². The van der Waals surface area contributed by atoms with Gasteiger partial charge in [-0.15, -0.1) is 0 Å². The van der Waals surface area contributed by atoms with Crippen LogP contribution in [-0.4, -0.2) is 52.5 Å². The number of sulfonamides is 1. The lowest BCUT2D eigenvalue weighted by Gasteiger charge is -2.34. The average Bonchev–Trinajstić information content (AvgIpc) is 2.76. The number of likely N-dealkylation sites (tertiary alicyclic amines) is 1. The molecule has 2 aromatic rings. The molecule has 1 saturated heterocycles. The second-order valence-electron chi connectivity index (χ2n) is 8.65. The summed E-state index contributed by atoms with van der Waals surface area (Å²) in [6, 6.07) is 14.9. The molecule has 0 aromatic heterocycles. The fraction of sp³-hybridized carbons (Fsp3) is 0.458. The molecular weight excluding hydrogens is 410 g/mol. The second kappa shape index (κ2) is 10.3. The van der Waals surface area contributed by atoms with Crippen LogP contribution in [0.5, 0.6) is 0 Å². The van der Waals surface area contributed by atoms with E-state index >= 15 is 0 Å². The number of hydrogen-bond donors (Lipinski definition) is 1. The topological polar surface area (TPSA) is 69.7 Å². The first-order chi connectivity index (χ1) is 14.8. The Labute approximate surface area is 186 Å². The quantitative estimate of drug-likeness (QED) is 0.633. The minimum Gasteiger partial charge on any atom is -0.352 e. The number of benzene rings is 2. The maximum absolute atomic E-state index is 12.7. The Morgan fingerprint density at radius 2 is 1.65 bits per heavy atom. The normalized spacial score (nSPS) is 19.7. The van der Waals surface area contributed by atoms with Crippen LogP contribution in [0.15, 0.2) is 59.5 Å². The van der Waals surface area contributed by atoms with Crippen molar-refractivity contribution in [3.8, 4) is 0 Å². The zero-order valence-electron chi connectivity index (χ0n) is 18.6. The van der Waals surface area contributed by atoms with E-state index in [1.807, 2.05) is 0 Å². The van der Waals surface area contributed by atoms with E-state index in [2.05, 4.69) is 24.1 Å². The molecule has 3 rings (SSSR count). The van der Waals surface area contributed by atoms with Crippen LogP contribution in [0, 0.1) is 11.8 Å². The molecule has 6 nitrogen and oxygen atoms in total. The molecule has 0 bridgehead atoms. The predicted molar refractivity (Wildman–Crippen MR) is 125 cm³/mol. The number of anilines is 1. The first-order valence-electron chi connectivity index (χ1n) is 10.9. The van der Waals surface area contributed by atoms with Crippen LogP contribution in [0.3, 0.4) is 0 Å². The molecule has 1 N–H and O–H groups in total. The van der Waals surface area contributed by atoms with Gasteiger partial charge in [0, 0.05) is 32.2 Å². The Hall–Kier alpha value is -2.38. The van der Waals surface area contributed by atoms with Crippen molar-refractivity contribution in [3.05, 3.63) is 60.2 Å². The molecule has 1 aliphatic heterocycles. The number of piperidine rings is 1. The fourth-order valence-electron chi connectivity index (χ4n) is 4.29. The third kappa shape index (κ3) is 6.08. The Kier molecular flexibility index (Phi) is 7.73. The van der Waals surface area contributed by atoms with Crippen molar-refractivity contribution in [3.63, 3.8) is 0 Å². The molecule has 1 heterocycles. The summed E-state index contributed by atoms with van der Waals surface area (Å²) in [5.74, 6) is 1.34. The summed E-state index contributed by atoms with van der Waals surface area (Å²) in [4.78, 5) is 15.2. The number of nitrogens with zero attached hydrogens (tertiary/aromatic N) is 2. The zero-order chi connectivity index (χ0) is 22.4. The monoisotopic (exact) mass is 443 g/mol. The second-order valence-corrected chi connectivity index (χ2v) is 10.6. The Morgan fingerprint density at radius 1 is 1.03 bits per heavy atom. The van der Waals surface area contributed by atoms with Crippen LogP contribution in [0.1, 0.15) is 37.0 Å². The molecule has 168 valence electrons. The van der Waals surface area contributed by atoms with Gasteiger partial charge in [-0.05, 0) is 67.6 Å². The van der Waals surface area contributed by atoms with E-state index in [4.69, 9.17) is 0 Å². The number of hydrogen-bond acceptors (Lipinski definition) is 4. The summed E-state index contributed by atoms with van der Waals surface area (Å²) in [5.41, 5.74) is 1.03. The minimum absolute atomic E-state index is 0.138. The van der Waals surface area contributed by atoms with Gasteiger partial charge in [-0.1, -0.05) is 32.0 Å². The maximum atomic E-state index is 12.7. The van der Waals surface area contributed by atoms with Gasteiger partial charge in [0.2, 0.25) is 0 Å². The average molecular weight is 444 g/mol. The van der Waals surface area contributed by atoms with Crippen molar-refractivity contribution >= 4 is 21.6 Å². The molecule has 7 heteroatoms. The molecule has 2 atom stereocenters. The fourth-order valence-corrected chi connectivity index (χ4v) is 5.51. The molecule has 2 aromatic carbocycles. The van der Waals surface area contributed by atoms with Crippen molar-refractivity contribution < 1.29 is 13.2 Å². The van der Waals surface area contributed by atoms with E-state index < -0.39 is 10.0 Å². The van der Waals surface area contributed by atoms with Gasteiger partial charge < -0.3 is 10.2 Å². The number of amides is 1. The smallest absolute Gasteiger partial charge is 0.264 e. The number of nitrogens with one attached hydrogen (secondary N) is 1. The van der Waals surface area contributed by atoms with Crippen LogP contribution in [0.2, 0.25) is 0 Å². The summed E-state index contributed by atoms with van der Waals surface area (Å²) in [7, 11) is -2.12. The van der Waals surface area contributed by atoms with E-state index in [9.17, 15) is 13.2 Å². The highest BCUT2D eigenvalue weighted by Gasteiger charge is 2.22. The summed E-state index contributed by atoms with van der Waals surface area (Å²) in [6.07, 6.45) is 2.21. The van der Waals surface area contributed by atoms with Gasteiger partial charge in [0.05, 0.1) is 10.6 Å². The molecule has 1 amide bonds. The zero-order valence-corrected chi connectivity index (χ0v) is 19.4. The molecular formula is C24H33N3O3S. The molecule has 0 spiro atoms. The van der Waals surface area contributed by atoms with Crippen molar-refractivity contribution in [2.45, 2.75) is 31.6 Å². The van der Waals surface area contributed by atoms with E-state index in [-0.39, 0.29) is 10.8 Å². The summed E-state index contributed by atoms with van der Waals surface area (Å²) < 4.78 is 26.7. The summed E-state index contributed by atoms with van der Waals surface area (Å²) in [5, 5.41) is 2.97. The maximum Gasteiger partial charge on any atom is 0.264 e. The van der Waals surface area contributed by atoms with Crippen LogP contribution < -0.4 is 9.62 Å². The third-order valence-corrected chi connectivity index (χ3v) is 7.58. The van der Waals surface area contributed by atoms with E-state index in [1.54, 1.807) is 54.6 Å². The predicted octanol–water partition coefficient (Wildman–Crippen LogP) is 3.61. The highest BCUT2D eigenvalue weighted by molar-refractivity contribution is 7.92. The van der Waals surface area contributed by atoms with Crippen molar-refractivity contribution in [1.82, 2.24) is 10.2 Å². The summed E-state index contributed by atoms with van der Waals surface area (Å²) >= 11 is 0.